The van der Waals surface area contributed by atoms with Gasteiger partial charge in [-0.25, -0.2) is 9.13 Å². The van der Waals surface area contributed by atoms with Crippen molar-refractivity contribution in [3.63, 3.8) is 0 Å². The van der Waals surface area contributed by atoms with Gasteiger partial charge in [-0.1, -0.05) is 382 Å². The number of phosphoric ester groups is 2. The van der Waals surface area contributed by atoms with Gasteiger partial charge in [0, 0.05) is 19.3 Å². The first kappa shape index (κ1) is 113. The molecule has 0 saturated carbocycles. The molecule has 0 radical (unpaired) electrons. The van der Waals surface area contributed by atoms with Crippen molar-refractivity contribution in [1.82, 2.24) is 0 Å². The lowest BCUT2D eigenvalue weighted by atomic mass is 10.0. The molecule has 5 unspecified atom stereocenters. The maximum Gasteiger partial charge on any atom is 0.472 e. The Labute approximate surface area is 725 Å². The van der Waals surface area contributed by atoms with E-state index in [-0.39, 0.29) is 19.3 Å². The van der Waals surface area contributed by atoms with E-state index in [1.165, 1.54) is 103 Å². The van der Waals surface area contributed by atoms with Gasteiger partial charge >= 0.3 is 33.6 Å². The van der Waals surface area contributed by atoms with Gasteiger partial charge in [0.05, 0.1) is 26.4 Å². The number of allylic oxidation sites excluding steroid dienone is 32. The van der Waals surface area contributed by atoms with Crippen molar-refractivity contribution in [1.29, 1.82) is 0 Å². The highest BCUT2D eigenvalue weighted by Crippen LogP contribution is 2.45. The van der Waals surface area contributed by atoms with Crippen LogP contribution in [0.15, 0.2) is 194 Å². The highest BCUT2D eigenvalue weighted by molar-refractivity contribution is 7.47. The third-order valence-corrected chi connectivity index (χ3v) is 21.2. The molecule has 0 saturated heterocycles. The molecule has 0 aromatic carbocycles. The van der Waals surface area contributed by atoms with Gasteiger partial charge in [0.15, 0.2) is 6.10 Å². The summed E-state index contributed by atoms with van der Waals surface area (Å²) in [6.07, 6.45) is 122. The zero-order valence-corrected chi connectivity index (χ0v) is 76.5. The molecular weight excluding hydrogens is 1530 g/mol. The molecule has 0 spiro atoms. The second-order valence-corrected chi connectivity index (χ2v) is 33.6. The largest absolute Gasteiger partial charge is 0.472 e. The van der Waals surface area contributed by atoms with Crippen molar-refractivity contribution in [2.45, 2.75) is 386 Å². The first-order valence-electron chi connectivity index (χ1n) is 46.7. The van der Waals surface area contributed by atoms with E-state index in [1.807, 2.05) is 0 Å². The minimum absolute atomic E-state index is 0.0858. The van der Waals surface area contributed by atoms with Gasteiger partial charge < -0.3 is 34.2 Å². The molecule has 119 heavy (non-hydrogen) atoms. The number of rotatable bonds is 87. The van der Waals surface area contributed by atoms with Crippen LogP contribution in [0.1, 0.15) is 367 Å². The zero-order chi connectivity index (χ0) is 86.5. The van der Waals surface area contributed by atoms with Crippen LogP contribution in [0.3, 0.4) is 0 Å². The Kier molecular flexibility index (Phi) is 87.3. The summed E-state index contributed by atoms with van der Waals surface area (Å²) in [5.74, 6) is -1.59. The van der Waals surface area contributed by atoms with E-state index in [0.29, 0.717) is 19.3 Å². The highest BCUT2D eigenvalue weighted by Gasteiger charge is 2.29. The van der Waals surface area contributed by atoms with Crippen LogP contribution in [-0.2, 0) is 55.8 Å². The second-order valence-electron chi connectivity index (χ2n) is 30.7. The lowest BCUT2D eigenvalue weighted by Gasteiger charge is -2.21. The van der Waals surface area contributed by atoms with Gasteiger partial charge in [-0.05, 0) is 161 Å². The number of hydrogen-bond acceptors (Lipinski definition) is 14. The van der Waals surface area contributed by atoms with Crippen LogP contribution < -0.4 is 0 Å². The minimum atomic E-state index is -4.95. The molecule has 0 amide bonds. The number of carbonyl (C=O) groups is 3. The fourth-order valence-corrected chi connectivity index (χ4v) is 13.9. The Morgan fingerprint density at radius 2 is 0.420 bits per heavy atom. The number of esters is 3. The standard InChI is InChI=1S/C101H168O16P2/c1-4-7-10-13-16-19-22-25-28-31-34-37-40-42-44-46-47-49-51-52-55-57-60-63-66-69-72-75-78-81-84-87-99(104)111-90-96(102)91-113-118(107,108)114-92-97(103)93-115-119(109,110)116-95-98(117-101(106)89-86-83-80-77-74-71-68-65-62-59-54-39-36-33-30-27-24-21-18-15-12-9-6-3)94-112-100(105)88-85-82-79-76-73-70-67-64-61-58-56-53-50-48-45-43-41-38-35-32-29-26-23-20-17-14-11-8-5-2/h7-12,16-21,25-30,34-39,42-45,47,49,59,62,96-98,102-103H,4-6,13-15,22-24,31-33,40-41,46,48,50-58,60-61,63-95H2,1-3H3,(H,107,108)(H,109,110)/b10-7-,11-8-,12-9-,19-16-,20-17-,21-18-,28-25-,29-26-,30-27-,37-34-,38-35-,39-36-,44-42-,45-43-,49-47-,62-59-. The van der Waals surface area contributed by atoms with E-state index in [1.54, 1.807) is 0 Å². The maximum atomic E-state index is 13.1. The Balaban J connectivity index is 4.64. The quantitative estimate of drug-likeness (QED) is 0.0146. The van der Waals surface area contributed by atoms with E-state index in [4.69, 9.17) is 32.3 Å². The van der Waals surface area contributed by atoms with Gasteiger partial charge in [0.25, 0.3) is 0 Å². The third kappa shape index (κ3) is 92.9. The molecule has 0 bridgehead atoms. The SMILES string of the molecule is CC/C=C\C/C=C\C/C=C\C/C=C\C/C=C\C/C=C\CCCCCCCCCCCCCCC(=O)OCC(O)COP(=O)(O)OCC(O)COP(=O)(O)OCC(COC(=O)CCCCCCCCCCCCCCC/C=C\C/C=C\C/C=C\C/C=C\C/C=C\CC)OC(=O)CCCCCCCCC/C=C\C/C=C\C/C=C\C/C=C\C/C=C\CC. The lowest BCUT2D eigenvalue weighted by Crippen LogP contribution is -2.30. The van der Waals surface area contributed by atoms with Crippen molar-refractivity contribution >= 4 is 33.6 Å². The number of aliphatic hydroxyl groups excluding tert-OH is 2. The van der Waals surface area contributed by atoms with Crippen LogP contribution in [-0.4, -0.2) is 95.9 Å². The monoisotopic (exact) mass is 1700 g/mol. The van der Waals surface area contributed by atoms with E-state index < -0.39 is 91.5 Å². The Hall–Kier alpha value is -5.61. The summed E-state index contributed by atoms with van der Waals surface area (Å²) in [6, 6.07) is 0. The first-order chi connectivity index (χ1) is 58.2. The number of unbranched alkanes of at least 4 members (excludes halogenated alkanes) is 32. The lowest BCUT2D eigenvalue weighted by molar-refractivity contribution is -0.161. The molecule has 0 fully saturated rings. The molecule has 0 aliphatic heterocycles. The van der Waals surface area contributed by atoms with Gasteiger partial charge in [0.2, 0.25) is 0 Å². The molecule has 0 aliphatic carbocycles. The number of aliphatic hydroxyl groups is 2. The summed E-state index contributed by atoms with van der Waals surface area (Å²) in [4.78, 5) is 59.1. The topological polar surface area (TPSA) is 231 Å². The van der Waals surface area contributed by atoms with Crippen LogP contribution in [0.25, 0.3) is 0 Å². The smallest absolute Gasteiger partial charge is 0.463 e. The van der Waals surface area contributed by atoms with Crippen molar-refractivity contribution in [3.05, 3.63) is 194 Å². The highest BCUT2D eigenvalue weighted by atomic mass is 31.2. The molecule has 0 heterocycles. The summed E-state index contributed by atoms with van der Waals surface area (Å²) in [6.45, 7) is 2.36. The van der Waals surface area contributed by atoms with Gasteiger partial charge in [0.1, 0.15) is 25.4 Å². The molecule has 678 valence electrons. The number of ether oxygens (including phenoxy) is 3. The van der Waals surface area contributed by atoms with E-state index in [9.17, 15) is 43.5 Å². The van der Waals surface area contributed by atoms with E-state index in [2.05, 4.69) is 215 Å². The van der Waals surface area contributed by atoms with Crippen LogP contribution in [0.4, 0.5) is 0 Å². The molecule has 16 nitrogen and oxygen atoms in total. The van der Waals surface area contributed by atoms with Crippen LogP contribution >= 0.6 is 15.6 Å². The fourth-order valence-electron chi connectivity index (χ4n) is 12.3. The molecule has 4 N–H and O–H groups in total. The number of carbonyl (C=O) groups excluding carboxylic acids is 3. The number of phosphoric acid groups is 2. The first-order valence-corrected chi connectivity index (χ1v) is 49.7. The Bertz CT molecular complexity index is 2940. The molecule has 0 aromatic rings. The molecule has 5 atom stereocenters. The average molecular weight is 1700 g/mol. The predicted octanol–water partition coefficient (Wildman–Crippen LogP) is 29.0. The van der Waals surface area contributed by atoms with E-state index >= 15 is 0 Å². The van der Waals surface area contributed by atoms with Gasteiger partial charge in [-0.2, -0.15) is 0 Å². The van der Waals surface area contributed by atoms with Crippen LogP contribution in [0, 0.1) is 0 Å². The minimum Gasteiger partial charge on any atom is -0.463 e. The molecule has 0 aromatic heterocycles. The molecule has 0 aliphatic rings. The molecular formula is C101H168O16P2. The van der Waals surface area contributed by atoms with Crippen molar-refractivity contribution in [3.8, 4) is 0 Å². The summed E-state index contributed by atoms with van der Waals surface area (Å²) in [5.41, 5.74) is 0. The third-order valence-electron chi connectivity index (χ3n) is 19.3. The summed E-state index contributed by atoms with van der Waals surface area (Å²) in [7, 11) is -9.82. The summed E-state index contributed by atoms with van der Waals surface area (Å²) in [5, 5.41) is 20.7. The second kappa shape index (κ2) is 91.6. The zero-order valence-electron chi connectivity index (χ0n) is 74.7. The molecule has 0 rings (SSSR count). The summed E-state index contributed by atoms with van der Waals surface area (Å²) < 4.78 is 61.5. The van der Waals surface area contributed by atoms with Gasteiger partial charge in [-0.3, -0.25) is 32.5 Å². The maximum absolute atomic E-state index is 13.1. The van der Waals surface area contributed by atoms with E-state index in [0.717, 1.165) is 205 Å². The van der Waals surface area contributed by atoms with Crippen molar-refractivity contribution in [2.24, 2.45) is 0 Å². The number of hydrogen-bond donors (Lipinski definition) is 4. The molecule has 18 heteroatoms. The normalized spacial score (nSPS) is 14.6. The average Bonchev–Trinajstić information content (AvgIpc) is 0.905. The van der Waals surface area contributed by atoms with Crippen molar-refractivity contribution in [2.75, 3.05) is 39.6 Å². The van der Waals surface area contributed by atoms with Crippen LogP contribution in [0.2, 0.25) is 0 Å². The van der Waals surface area contributed by atoms with Crippen LogP contribution in [0.5, 0.6) is 0 Å². The fraction of sp³-hybridized carbons (Fsp3) is 0.653. The predicted molar refractivity (Wildman–Crippen MR) is 500 cm³/mol. The van der Waals surface area contributed by atoms with Crippen molar-refractivity contribution < 1.29 is 75.8 Å². The van der Waals surface area contributed by atoms with Gasteiger partial charge in [-0.15, -0.1) is 0 Å². The Morgan fingerprint density at radius 3 is 0.664 bits per heavy atom. The Morgan fingerprint density at radius 1 is 0.235 bits per heavy atom. The summed E-state index contributed by atoms with van der Waals surface area (Å²) >= 11 is 0.